The summed E-state index contributed by atoms with van der Waals surface area (Å²) in [5.74, 6) is 0.304. The molecule has 7 nitrogen and oxygen atoms in total. The van der Waals surface area contributed by atoms with Crippen molar-refractivity contribution in [3.05, 3.63) is 82.1 Å². The molecule has 2 aliphatic rings. The van der Waals surface area contributed by atoms with Crippen LogP contribution in [0.2, 0.25) is 0 Å². The van der Waals surface area contributed by atoms with Crippen LogP contribution in [0.25, 0.3) is 6.08 Å². The first-order valence-electron chi connectivity index (χ1n) is 15.6. The molecule has 0 saturated carbocycles. The van der Waals surface area contributed by atoms with Crippen LogP contribution in [0.1, 0.15) is 73.1 Å². The van der Waals surface area contributed by atoms with Crippen LogP contribution in [0.3, 0.4) is 0 Å². The third-order valence-electron chi connectivity index (χ3n) is 9.00. The number of anilines is 3. The van der Waals surface area contributed by atoms with Gasteiger partial charge in [-0.3, -0.25) is 9.69 Å². The van der Waals surface area contributed by atoms with Crippen LogP contribution in [0, 0.1) is 19.7 Å². The van der Waals surface area contributed by atoms with E-state index in [0.29, 0.717) is 36.9 Å². The topological polar surface area (TPSA) is 55.8 Å². The van der Waals surface area contributed by atoms with Gasteiger partial charge in [-0.15, -0.1) is 0 Å². The number of carbonyl (C=O) groups is 1. The summed E-state index contributed by atoms with van der Waals surface area (Å²) in [6, 6.07) is 9.42. The molecule has 5 rings (SSSR count). The second kappa shape index (κ2) is 13.2. The van der Waals surface area contributed by atoms with E-state index < -0.39 is 5.82 Å². The van der Waals surface area contributed by atoms with Gasteiger partial charge in [0.15, 0.2) is 5.82 Å². The number of rotatable bonds is 8. The highest BCUT2D eigenvalue weighted by molar-refractivity contribution is 6.01. The van der Waals surface area contributed by atoms with Crippen LogP contribution in [-0.4, -0.2) is 71.0 Å². The van der Waals surface area contributed by atoms with Crippen LogP contribution in [0.4, 0.5) is 21.6 Å². The molecule has 2 aromatic carbocycles. The minimum Gasteiger partial charge on any atom is -0.350 e. The Balaban J connectivity index is 1.33. The fourth-order valence-electron chi connectivity index (χ4n) is 6.58. The molecule has 2 aliphatic heterocycles. The van der Waals surface area contributed by atoms with Crippen LogP contribution >= 0.6 is 0 Å². The molecule has 228 valence electrons. The second-order valence-electron chi connectivity index (χ2n) is 12.0. The molecule has 43 heavy (non-hydrogen) atoms. The molecule has 8 heteroatoms. The maximum absolute atomic E-state index is 14.4. The SMILES string of the molecule is CCN(CC)C(=O)c1cc(F)ccc1N1CCN(C2CCN(Cc3ccc(C)c(C=C(C)C)c3C)CC2)c2ncncc21. The first kappa shape index (κ1) is 30.7. The standard InChI is InChI=1S/C35H45FN6O/c1-7-40(8-2)35(43)31-20-28(36)11-12-32(31)42-18-17-41(34-33(42)21-37-23-38-34)29-13-15-39(16-14-29)22-27-10-9-25(5)30(26(27)6)19-24(3)4/h9-12,19-21,23,29H,7-8,13-18,22H2,1-6H3. The molecule has 1 aromatic heterocycles. The van der Waals surface area contributed by atoms with E-state index in [1.165, 1.54) is 40.0 Å². The van der Waals surface area contributed by atoms with Gasteiger partial charge in [-0.05, 0) is 94.8 Å². The number of carbonyl (C=O) groups excluding carboxylic acids is 1. The van der Waals surface area contributed by atoms with Gasteiger partial charge in [-0.25, -0.2) is 14.4 Å². The van der Waals surface area contributed by atoms with Gasteiger partial charge in [-0.1, -0.05) is 23.8 Å². The summed E-state index contributed by atoms with van der Waals surface area (Å²) in [6.45, 7) is 18.2. The van der Waals surface area contributed by atoms with E-state index in [-0.39, 0.29) is 5.91 Å². The fraction of sp³-hybridized carbons (Fsp3) is 0.457. The van der Waals surface area contributed by atoms with Crippen molar-refractivity contribution in [2.45, 2.75) is 67.0 Å². The van der Waals surface area contributed by atoms with Crippen molar-refractivity contribution >= 4 is 29.2 Å². The summed E-state index contributed by atoms with van der Waals surface area (Å²) in [7, 11) is 0. The van der Waals surface area contributed by atoms with Gasteiger partial charge < -0.3 is 14.7 Å². The van der Waals surface area contributed by atoms with Gasteiger partial charge in [0.1, 0.15) is 17.8 Å². The Kier molecular flexibility index (Phi) is 9.45. The number of nitrogens with zero attached hydrogens (tertiary/aromatic N) is 6. The fourth-order valence-corrected chi connectivity index (χ4v) is 6.58. The number of likely N-dealkylation sites (tertiary alicyclic amines) is 1. The minimum absolute atomic E-state index is 0.163. The third-order valence-corrected chi connectivity index (χ3v) is 9.00. The Hall–Kier alpha value is -3.78. The second-order valence-corrected chi connectivity index (χ2v) is 12.0. The molecule has 1 amide bonds. The lowest BCUT2D eigenvalue weighted by atomic mass is 9.95. The van der Waals surface area contributed by atoms with Crippen molar-refractivity contribution in [1.82, 2.24) is 19.8 Å². The minimum atomic E-state index is -0.414. The number of amides is 1. The van der Waals surface area contributed by atoms with Crippen molar-refractivity contribution in [3.63, 3.8) is 0 Å². The smallest absolute Gasteiger partial charge is 0.256 e. The molecule has 0 unspecified atom stereocenters. The van der Waals surface area contributed by atoms with Crippen LogP contribution < -0.4 is 9.80 Å². The van der Waals surface area contributed by atoms with Crippen molar-refractivity contribution in [2.75, 3.05) is 49.1 Å². The number of aryl methyl sites for hydroxylation is 1. The number of halogens is 1. The number of hydrogen-bond donors (Lipinski definition) is 0. The Labute approximate surface area is 256 Å². The van der Waals surface area contributed by atoms with Crippen molar-refractivity contribution in [2.24, 2.45) is 0 Å². The van der Waals surface area contributed by atoms with E-state index in [1.807, 2.05) is 20.0 Å². The molecule has 1 fully saturated rings. The monoisotopic (exact) mass is 584 g/mol. The van der Waals surface area contributed by atoms with E-state index in [9.17, 15) is 9.18 Å². The number of allylic oxidation sites excluding steroid dienone is 1. The van der Waals surface area contributed by atoms with Gasteiger partial charge in [0.2, 0.25) is 0 Å². The molecular weight excluding hydrogens is 539 g/mol. The third kappa shape index (κ3) is 6.44. The lowest BCUT2D eigenvalue weighted by Crippen LogP contribution is -2.50. The van der Waals surface area contributed by atoms with Crippen molar-refractivity contribution in [1.29, 1.82) is 0 Å². The molecule has 0 spiro atoms. The Morgan fingerprint density at radius 3 is 2.47 bits per heavy atom. The Morgan fingerprint density at radius 2 is 1.77 bits per heavy atom. The van der Waals surface area contributed by atoms with E-state index in [4.69, 9.17) is 4.98 Å². The highest BCUT2D eigenvalue weighted by atomic mass is 19.1. The highest BCUT2D eigenvalue weighted by Gasteiger charge is 2.34. The molecule has 0 radical (unpaired) electrons. The summed E-state index contributed by atoms with van der Waals surface area (Å²) in [5.41, 5.74) is 8.71. The zero-order valence-corrected chi connectivity index (χ0v) is 26.5. The highest BCUT2D eigenvalue weighted by Crippen LogP contribution is 2.39. The number of aromatic nitrogens is 2. The quantitative estimate of drug-likeness (QED) is 0.292. The Morgan fingerprint density at radius 1 is 1.02 bits per heavy atom. The lowest BCUT2D eigenvalue weighted by Gasteiger charge is -2.44. The van der Waals surface area contributed by atoms with E-state index in [1.54, 1.807) is 17.3 Å². The van der Waals surface area contributed by atoms with Gasteiger partial charge in [0.05, 0.1) is 17.4 Å². The Bertz CT molecular complexity index is 1490. The number of piperidine rings is 1. The van der Waals surface area contributed by atoms with Gasteiger partial charge >= 0.3 is 0 Å². The average molecular weight is 585 g/mol. The molecule has 1 saturated heterocycles. The molecule has 0 N–H and O–H groups in total. The summed E-state index contributed by atoms with van der Waals surface area (Å²) < 4.78 is 14.4. The molecule has 0 atom stereocenters. The lowest BCUT2D eigenvalue weighted by molar-refractivity contribution is 0.0773. The summed E-state index contributed by atoms with van der Waals surface area (Å²) >= 11 is 0. The largest absolute Gasteiger partial charge is 0.350 e. The first-order valence-corrected chi connectivity index (χ1v) is 15.6. The predicted molar refractivity (Wildman–Crippen MR) is 174 cm³/mol. The van der Waals surface area contributed by atoms with Crippen molar-refractivity contribution in [3.8, 4) is 0 Å². The zero-order chi connectivity index (χ0) is 30.7. The predicted octanol–water partition coefficient (Wildman–Crippen LogP) is 6.76. The zero-order valence-electron chi connectivity index (χ0n) is 26.5. The van der Waals surface area contributed by atoms with E-state index in [0.717, 1.165) is 50.5 Å². The molecule has 3 heterocycles. The maximum Gasteiger partial charge on any atom is 0.256 e. The van der Waals surface area contributed by atoms with Crippen molar-refractivity contribution < 1.29 is 9.18 Å². The van der Waals surface area contributed by atoms with Crippen LogP contribution in [-0.2, 0) is 6.54 Å². The number of benzene rings is 2. The summed E-state index contributed by atoms with van der Waals surface area (Å²) in [5, 5.41) is 0. The van der Waals surface area contributed by atoms with Gasteiger partial charge in [0, 0.05) is 51.9 Å². The average Bonchev–Trinajstić information content (AvgIpc) is 3.01. The molecular formula is C35H45FN6O. The summed E-state index contributed by atoms with van der Waals surface area (Å²) in [4.78, 5) is 31.3. The van der Waals surface area contributed by atoms with Crippen LogP contribution in [0.15, 0.2) is 48.4 Å². The van der Waals surface area contributed by atoms with Crippen LogP contribution in [0.5, 0.6) is 0 Å². The maximum atomic E-state index is 14.4. The molecule has 0 bridgehead atoms. The van der Waals surface area contributed by atoms with E-state index >= 15 is 0 Å². The molecule has 0 aliphatic carbocycles. The normalized spacial score (nSPS) is 15.8. The van der Waals surface area contributed by atoms with Gasteiger partial charge in [0.25, 0.3) is 5.91 Å². The van der Waals surface area contributed by atoms with Gasteiger partial charge in [-0.2, -0.15) is 0 Å². The van der Waals surface area contributed by atoms with E-state index in [2.05, 4.69) is 65.6 Å². The summed E-state index contributed by atoms with van der Waals surface area (Å²) in [6.07, 6.45) is 7.83. The first-order chi connectivity index (χ1) is 20.7. The number of hydrogen-bond acceptors (Lipinski definition) is 6. The number of fused-ring (bicyclic) bond motifs is 1. The molecule has 3 aromatic rings.